The van der Waals surface area contributed by atoms with Crippen LogP contribution in [0.4, 0.5) is 4.39 Å². The van der Waals surface area contributed by atoms with Gasteiger partial charge in [-0.15, -0.1) is 10.2 Å². The molecular weight excluding hydrogens is 405 g/mol. The van der Waals surface area contributed by atoms with Gasteiger partial charge in [0.05, 0.1) is 17.9 Å². The van der Waals surface area contributed by atoms with Gasteiger partial charge in [-0.05, 0) is 31.2 Å². The van der Waals surface area contributed by atoms with Gasteiger partial charge >= 0.3 is 0 Å². The number of carbonyl (C=O) groups excluding carboxylic acids is 1. The second kappa shape index (κ2) is 8.91. The van der Waals surface area contributed by atoms with E-state index >= 15 is 0 Å². The molecule has 0 saturated heterocycles. The van der Waals surface area contributed by atoms with Crippen LogP contribution in [0.15, 0.2) is 70.3 Å². The molecule has 0 aliphatic heterocycles. The Morgan fingerprint density at radius 3 is 2.63 bits per heavy atom. The van der Waals surface area contributed by atoms with Crippen molar-refractivity contribution in [3.05, 3.63) is 77.9 Å². The molecule has 0 saturated carbocycles. The first-order valence-corrected chi connectivity index (χ1v) is 10.2. The largest absolute Gasteiger partial charge is 0.361 e. The zero-order valence-electron chi connectivity index (χ0n) is 16.1. The van der Waals surface area contributed by atoms with E-state index in [9.17, 15) is 9.18 Å². The van der Waals surface area contributed by atoms with Gasteiger partial charge in [-0.2, -0.15) is 0 Å². The van der Waals surface area contributed by atoms with E-state index in [1.165, 1.54) is 17.8 Å². The Balaban J connectivity index is 1.54. The first-order chi connectivity index (χ1) is 14.6. The number of aromatic nitrogens is 4. The number of carbonyl (C=O) groups is 1. The van der Waals surface area contributed by atoms with E-state index in [4.69, 9.17) is 4.52 Å². The number of halogens is 1. The van der Waals surface area contributed by atoms with E-state index in [0.29, 0.717) is 28.0 Å². The third kappa shape index (κ3) is 4.41. The first kappa shape index (κ1) is 19.8. The van der Waals surface area contributed by atoms with E-state index < -0.39 is 0 Å². The van der Waals surface area contributed by atoms with Gasteiger partial charge in [0, 0.05) is 11.8 Å². The average molecular weight is 423 g/mol. The van der Waals surface area contributed by atoms with Crippen molar-refractivity contribution >= 4 is 17.7 Å². The quantitative estimate of drug-likeness (QED) is 0.456. The van der Waals surface area contributed by atoms with Crippen molar-refractivity contribution in [2.45, 2.75) is 18.6 Å². The highest BCUT2D eigenvalue weighted by molar-refractivity contribution is 7.99. The number of aryl methyl sites for hydroxylation is 1. The van der Waals surface area contributed by atoms with Crippen molar-refractivity contribution in [1.29, 1.82) is 0 Å². The van der Waals surface area contributed by atoms with Crippen molar-refractivity contribution in [3.63, 3.8) is 0 Å². The fourth-order valence-electron chi connectivity index (χ4n) is 2.86. The molecule has 0 unspecified atom stereocenters. The molecule has 7 nitrogen and oxygen atoms in total. The molecule has 0 atom stereocenters. The summed E-state index contributed by atoms with van der Waals surface area (Å²) in [6.07, 6.45) is 0. The normalized spacial score (nSPS) is 10.9. The van der Waals surface area contributed by atoms with E-state index in [-0.39, 0.29) is 24.0 Å². The second-order valence-electron chi connectivity index (χ2n) is 6.45. The van der Waals surface area contributed by atoms with Crippen LogP contribution in [-0.4, -0.2) is 31.6 Å². The number of para-hydroxylation sites is 1. The Hall–Kier alpha value is -3.46. The van der Waals surface area contributed by atoms with Crippen molar-refractivity contribution in [2.75, 3.05) is 5.75 Å². The van der Waals surface area contributed by atoms with Gasteiger partial charge in [0.25, 0.3) is 0 Å². The number of benzene rings is 2. The highest BCUT2D eigenvalue weighted by Crippen LogP contribution is 2.29. The van der Waals surface area contributed by atoms with Gasteiger partial charge in [0.1, 0.15) is 17.3 Å². The van der Waals surface area contributed by atoms with Gasteiger partial charge in [0.2, 0.25) is 5.91 Å². The van der Waals surface area contributed by atoms with Crippen molar-refractivity contribution in [1.82, 2.24) is 25.2 Å². The summed E-state index contributed by atoms with van der Waals surface area (Å²) in [5, 5.41) is 15.5. The molecule has 0 aliphatic carbocycles. The summed E-state index contributed by atoms with van der Waals surface area (Å²) in [4.78, 5) is 12.3. The maximum Gasteiger partial charge on any atom is 0.230 e. The third-order valence-corrected chi connectivity index (χ3v) is 5.17. The van der Waals surface area contributed by atoms with Crippen LogP contribution in [0.1, 0.15) is 11.5 Å². The Morgan fingerprint density at radius 1 is 1.13 bits per heavy atom. The van der Waals surface area contributed by atoms with Crippen LogP contribution in [-0.2, 0) is 11.3 Å². The molecule has 2 aromatic heterocycles. The highest BCUT2D eigenvalue weighted by Gasteiger charge is 2.19. The number of nitrogens with one attached hydrogen (secondary N) is 1. The van der Waals surface area contributed by atoms with Gasteiger partial charge in [-0.1, -0.05) is 47.3 Å². The van der Waals surface area contributed by atoms with Gasteiger partial charge < -0.3 is 9.84 Å². The monoisotopic (exact) mass is 423 g/mol. The molecule has 152 valence electrons. The lowest BCUT2D eigenvalue weighted by Gasteiger charge is -2.10. The minimum absolute atomic E-state index is 0.124. The summed E-state index contributed by atoms with van der Waals surface area (Å²) in [5.74, 6) is 0.611. The molecule has 30 heavy (non-hydrogen) atoms. The summed E-state index contributed by atoms with van der Waals surface area (Å²) in [6, 6.07) is 17.6. The van der Waals surface area contributed by atoms with Crippen molar-refractivity contribution in [3.8, 4) is 17.1 Å². The Bertz CT molecular complexity index is 1160. The number of hydrogen-bond acceptors (Lipinski definition) is 6. The maximum atomic E-state index is 14.4. The first-order valence-electron chi connectivity index (χ1n) is 9.19. The minimum Gasteiger partial charge on any atom is -0.361 e. The lowest BCUT2D eigenvalue weighted by atomic mass is 10.2. The van der Waals surface area contributed by atoms with Gasteiger partial charge in [-0.3, -0.25) is 9.36 Å². The van der Waals surface area contributed by atoms with Crippen molar-refractivity contribution in [2.24, 2.45) is 0 Å². The molecule has 2 heterocycles. The summed E-state index contributed by atoms with van der Waals surface area (Å²) in [6.45, 7) is 2.07. The van der Waals surface area contributed by atoms with E-state index in [2.05, 4.69) is 20.7 Å². The zero-order valence-corrected chi connectivity index (χ0v) is 16.9. The number of rotatable bonds is 7. The molecule has 0 radical (unpaired) electrons. The van der Waals surface area contributed by atoms with Crippen LogP contribution in [0.5, 0.6) is 0 Å². The van der Waals surface area contributed by atoms with Gasteiger partial charge in [0.15, 0.2) is 11.0 Å². The fraction of sp³-hybridized carbons (Fsp3) is 0.143. The van der Waals surface area contributed by atoms with E-state index in [0.717, 1.165) is 5.69 Å². The number of hydrogen-bond donors (Lipinski definition) is 1. The molecule has 2 aromatic carbocycles. The van der Waals surface area contributed by atoms with Crippen LogP contribution in [0.3, 0.4) is 0 Å². The molecule has 9 heteroatoms. The second-order valence-corrected chi connectivity index (χ2v) is 7.39. The number of thioether (sulfide) groups is 1. The molecule has 1 amide bonds. The van der Waals surface area contributed by atoms with Crippen LogP contribution in [0, 0.1) is 12.7 Å². The summed E-state index contributed by atoms with van der Waals surface area (Å²) in [7, 11) is 0. The number of nitrogens with zero attached hydrogens (tertiary/aromatic N) is 4. The van der Waals surface area contributed by atoms with E-state index in [1.54, 1.807) is 35.8 Å². The van der Waals surface area contributed by atoms with Gasteiger partial charge in [-0.25, -0.2) is 4.39 Å². The standard InChI is InChI=1S/C21H18FN5O2S/c1-14-11-15(26-29-14)12-23-19(28)13-30-21-25-24-20(17-9-5-6-10-18(17)22)27(21)16-7-3-2-4-8-16/h2-11H,12-13H2,1H3,(H,23,28). The smallest absolute Gasteiger partial charge is 0.230 e. The summed E-state index contributed by atoms with van der Waals surface area (Å²) >= 11 is 1.22. The summed E-state index contributed by atoms with van der Waals surface area (Å²) in [5.41, 5.74) is 1.77. The maximum absolute atomic E-state index is 14.4. The molecule has 0 spiro atoms. The third-order valence-electron chi connectivity index (χ3n) is 4.24. The van der Waals surface area contributed by atoms with Crippen LogP contribution in [0.2, 0.25) is 0 Å². The molecule has 0 bridgehead atoms. The molecule has 0 fully saturated rings. The zero-order chi connectivity index (χ0) is 20.9. The predicted molar refractivity (Wildman–Crippen MR) is 111 cm³/mol. The number of amides is 1. The highest BCUT2D eigenvalue weighted by atomic mass is 32.2. The van der Waals surface area contributed by atoms with Crippen LogP contribution >= 0.6 is 11.8 Å². The topological polar surface area (TPSA) is 85.8 Å². The Morgan fingerprint density at radius 2 is 1.90 bits per heavy atom. The predicted octanol–water partition coefficient (Wildman–Crippen LogP) is 3.78. The molecular formula is C21H18FN5O2S. The molecule has 4 rings (SSSR count). The molecule has 0 aliphatic rings. The fourth-order valence-corrected chi connectivity index (χ4v) is 3.64. The van der Waals surface area contributed by atoms with Crippen LogP contribution < -0.4 is 5.32 Å². The summed E-state index contributed by atoms with van der Waals surface area (Å²) < 4.78 is 21.1. The SMILES string of the molecule is Cc1cc(CNC(=O)CSc2nnc(-c3ccccc3F)n2-c2ccccc2)no1. The lowest BCUT2D eigenvalue weighted by Crippen LogP contribution is -2.24. The van der Waals surface area contributed by atoms with Crippen LogP contribution in [0.25, 0.3) is 17.1 Å². The van der Waals surface area contributed by atoms with E-state index in [1.807, 2.05) is 30.3 Å². The minimum atomic E-state index is -0.390. The average Bonchev–Trinajstić information content (AvgIpc) is 3.37. The Kier molecular flexibility index (Phi) is 5.89. The molecule has 4 aromatic rings. The lowest BCUT2D eigenvalue weighted by molar-refractivity contribution is -0.118. The van der Waals surface area contributed by atoms with Crippen molar-refractivity contribution < 1.29 is 13.7 Å². The Labute approximate surface area is 176 Å². The molecule has 1 N–H and O–H groups in total.